The van der Waals surface area contributed by atoms with Crippen molar-refractivity contribution in [3.63, 3.8) is 0 Å². The number of nitrogens with one attached hydrogen (secondary N) is 1. The first-order valence-electron chi connectivity index (χ1n) is 4.87. The summed E-state index contributed by atoms with van der Waals surface area (Å²) in [4.78, 5) is 3.39. The van der Waals surface area contributed by atoms with Crippen molar-refractivity contribution in [3.8, 4) is 0 Å². The zero-order valence-corrected chi connectivity index (χ0v) is 12.1. The van der Waals surface area contributed by atoms with Gasteiger partial charge in [-0.3, -0.25) is 0 Å². The average molecular weight is 294 g/mol. The minimum atomic E-state index is -2.98. The summed E-state index contributed by atoms with van der Waals surface area (Å²) in [6.07, 6.45) is 8.36. The van der Waals surface area contributed by atoms with Gasteiger partial charge in [-0.05, 0) is 0 Å². The van der Waals surface area contributed by atoms with E-state index in [1.165, 1.54) is 4.29 Å². The van der Waals surface area contributed by atoms with Gasteiger partial charge in [0.15, 0.2) is 0 Å². The van der Waals surface area contributed by atoms with Gasteiger partial charge >= 0.3 is 91.9 Å². The molecule has 1 N–H and O–H groups in total. The third-order valence-electron chi connectivity index (χ3n) is 2.33. The van der Waals surface area contributed by atoms with Gasteiger partial charge in [-0.15, -0.1) is 0 Å². The van der Waals surface area contributed by atoms with E-state index in [-0.39, 0.29) is 0 Å². The molecule has 0 aliphatic rings. The van der Waals surface area contributed by atoms with Crippen molar-refractivity contribution < 1.29 is 12.4 Å². The van der Waals surface area contributed by atoms with Crippen molar-refractivity contribution in [1.82, 2.24) is 4.98 Å². The third kappa shape index (κ3) is 2.92. The average Bonchev–Trinajstić information content (AvgIpc) is 2.54. The third-order valence-corrected chi connectivity index (χ3v) is 10.1. The SMILES string of the molecule is CC=CC=[CH][Ru]([CH3])([CH3])([CH3])([CH3])[c]1ccc[nH]1. The zero-order chi connectivity index (χ0) is 11.6. The number of aromatic amines is 1. The topological polar surface area (TPSA) is 15.8 Å². The Morgan fingerprint density at radius 1 is 1.13 bits per heavy atom. The van der Waals surface area contributed by atoms with Crippen molar-refractivity contribution in [1.29, 1.82) is 0 Å². The van der Waals surface area contributed by atoms with Gasteiger partial charge in [0.05, 0.1) is 0 Å². The van der Waals surface area contributed by atoms with E-state index in [0.29, 0.717) is 0 Å². The van der Waals surface area contributed by atoms with Crippen molar-refractivity contribution in [2.75, 3.05) is 0 Å². The Hall–Kier alpha value is -0.617. The van der Waals surface area contributed by atoms with Crippen LogP contribution in [0.5, 0.6) is 0 Å². The van der Waals surface area contributed by atoms with E-state index in [0.717, 1.165) is 0 Å². The van der Waals surface area contributed by atoms with E-state index < -0.39 is 12.4 Å². The van der Waals surface area contributed by atoms with Crippen LogP contribution < -0.4 is 4.29 Å². The maximum absolute atomic E-state index is 3.39. The molecule has 88 valence electrons. The monoisotopic (exact) mass is 295 g/mol. The van der Waals surface area contributed by atoms with Gasteiger partial charge in [0.25, 0.3) is 0 Å². The van der Waals surface area contributed by atoms with Gasteiger partial charge in [-0.2, -0.15) is 0 Å². The summed E-state index contributed by atoms with van der Waals surface area (Å²) in [5.74, 6) is 0. The molecule has 0 radical (unpaired) electrons. The Kier molecular flexibility index (Phi) is 2.64. The Bertz CT molecular complexity index is 386. The molecule has 2 heteroatoms. The maximum atomic E-state index is 3.39. The van der Waals surface area contributed by atoms with Crippen LogP contribution >= 0.6 is 0 Å². The Labute approximate surface area is 92.0 Å². The molecule has 0 aliphatic heterocycles. The summed E-state index contributed by atoms with van der Waals surface area (Å²) in [7, 11) is 0. The fraction of sp³-hybridized carbons (Fsp3) is 0.385. The number of H-pyrrole nitrogens is 1. The van der Waals surface area contributed by atoms with Crippen LogP contribution in [0.2, 0.25) is 22.1 Å². The quantitative estimate of drug-likeness (QED) is 0.637. The molecule has 0 atom stereocenters. The van der Waals surface area contributed by atoms with Crippen LogP contribution in [0.4, 0.5) is 0 Å². The fourth-order valence-corrected chi connectivity index (χ4v) is 6.12. The molecule has 0 unspecified atom stereocenters. The summed E-state index contributed by atoms with van der Waals surface area (Å²) >= 11 is -2.98. The standard InChI is InChI=1S/C5H7.C4H4N.4CH3.Ru/c1-3-5-4-2;1-2-4-5-3-1;;;;;/h1,3-5H,2H3;1-3,5H;4*1H3;. The number of allylic oxidation sites excluding steroid dienone is 3. The first kappa shape index (κ1) is 12.5. The Balaban J connectivity index is 3.26. The molecular weight excluding hydrogens is 271 g/mol. The molecule has 15 heavy (non-hydrogen) atoms. The molecule has 0 spiro atoms. The number of hydrogen-bond acceptors (Lipinski definition) is 0. The number of rotatable bonds is 3. The second-order valence-corrected chi connectivity index (χ2v) is 25.5. The van der Waals surface area contributed by atoms with Crippen molar-refractivity contribution in [3.05, 3.63) is 41.2 Å². The molecule has 1 rings (SSSR count). The minimum absolute atomic E-state index is 1.39. The normalized spacial score (nSPS) is 18.2. The summed E-state index contributed by atoms with van der Waals surface area (Å²) in [5.41, 5.74) is 9.64. The van der Waals surface area contributed by atoms with Crippen molar-refractivity contribution in [2.45, 2.75) is 29.0 Å². The number of aromatic nitrogens is 1. The van der Waals surface area contributed by atoms with Gasteiger partial charge in [-0.25, -0.2) is 0 Å². The first-order valence-corrected chi connectivity index (χ1v) is 13.7. The van der Waals surface area contributed by atoms with Gasteiger partial charge in [0, 0.05) is 0 Å². The van der Waals surface area contributed by atoms with Gasteiger partial charge in [0.2, 0.25) is 0 Å². The molecule has 0 bridgehead atoms. The number of hydrogen-bond donors (Lipinski definition) is 1. The molecule has 0 amide bonds. The molecule has 0 aliphatic carbocycles. The Morgan fingerprint density at radius 2 is 1.80 bits per heavy atom. The summed E-state index contributed by atoms with van der Waals surface area (Å²) < 4.78 is 3.80. The van der Waals surface area contributed by atoms with Crippen LogP contribution in [-0.4, -0.2) is 4.98 Å². The second kappa shape index (κ2) is 3.19. The second-order valence-electron chi connectivity index (χ2n) is 5.59. The van der Waals surface area contributed by atoms with Crippen LogP contribution in [0.15, 0.2) is 41.2 Å². The van der Waals surface area contributed by atoms with Crippen molar-refractivity contribution in [2.24, 2.45) is 0 Å². The molecule has 1 aromatic heterocycles. The van der Waals surface area contributed by atoms with E-state index in [2.05, 4.69) is 62.1 Å². The predicted octanol–water partition coefficient (Wildman–Crippen LogP) is 4.15. The molecule has 1 heterocycles. The fourth-order valence-electron chi connectivity index (χ4n) is 1.33. The van der Waals surface area contributed by atoms with E-state index >= 15 is 0 Å². The van der Waals surface area contributed by atoms with E-state index in [4.69, 9.17) is 0 Å². The van der Waals surface area contributed by atoms with Crippen LogP contribution in [0.25, 0.3) is 0 Å². The summed E-state index contributed by atoms with van der Waals surface area (Å²) in [5, 5.41) is 0. The van der Waals surface area contributed by atoms with Gasteiger partial charge in [0.1, 0.15) is 0 Å². The van der Waals surface area contributed by atoms with Crippen LogP contribution in [0, 0.1) is 0 Å². The predicted molar refractivity (Wildman–Crippen MR) is 67.8 cm³/mol. The molecule has 0 aromatic carbocycles. The zero-order valence-electron chi connectivity index (χ0n) is 10.4. The van der Waals surface area contributed by atoms with Gasteiger partial charge < -0.3 is 0 Å². The van der Waals surface area contributed by atoms with Crippen LogP contribution in [0.3, 0.4) is 0 Å². The van der Waals surface area contributed by atoms with Crippen molar-refractivity contribution >= 4 is 4.29 Å². The van der Waals surface area contributed by atoms with Crippen LogP contribution in [0.1, 0.15) is 6.92 Å². The van der Waals surface area contributed by atoms with E-state index in [9.17, 15) is 0 Å². The molecule has 0 saturated carbocycles. The molecule has 1 aromatic rings. The van der Waals surface area contributed by atoms with E-state index in [1.807, 2.05) is 13.1 Å². The molecular formula is C13H23NRu. The molecule has 0 saturated heterocycles. The summed E-state index contributed by atoms with van der Waals surface area (Å²) in [6, 6.07) is 4.29. The van der Waals surface area contributed by atoms with Gasteiger partial charge in [-0.1, -0.05) is 0 Å². The van der Waals surface area contributed by atoms with E-state index in [1.54, 1.807) is 0 Å². The molecule has 1 nitrogen and oxygen atoms in total. The molecule has 0 fully saturated rings. The van der Waals surface area contributed by atoms with Crippen LogP contribution in [-0.2, 0) is 12.4 Å². The Morgan fingerprint density at radius 3 is 2.27 bits per heavy atom. The summed E-state index contributed by atoms with van der Waals surface area (Å²) in [6.45, 7) is 2.04. The first-order chi connectivity index (χ1) is 6.68.